The highest BCUT2D eigenvalue weighted by Crippen LogP contribution is 2.27. The summed E-state index contributed by atoms with van der Waals surface area (Å²) in [5.74, 6) is -0.461. The molecular formula is C17H15ClN2O2. The molecule has 0 atom stereocenters. The molecule has 5 heteroatoms. The van der Waals surface area contributed by atoms with E-state index in [1.54, 1.807) is 29.2 Å². The Morgan fingerprint density at radius 1 is 1.09 bits per heavy atom. The zero-order valence-electron chi connectivity index (χ0n) is 11.9. The van der Waals surface area contributed by atoms with Gasteiger partial charge in [0.1, 0.15) is 0 Å². The van der Waals surface area contributed by atoms with Gasteiger partial charge in [0, 0.05) is 12.2 Å². The Labute approximate surface area is 133 Å². The van der Waals surface area contributed by atoms with Crippen LogP contribution < -0.4 is 10.2 Å². The molecule has 0 radical (unpaired) electrons. The van der Waals surface area contributed by atoms with Crippen LogP contribution in [0.4, 0.5) is 5.69 Å². The molecule has 0 bridgehead atoms. The van der Waals surface area contributed by atoms with E-state index in [1.807, 2.05) is 24.3 Å². The van der Waals surface area contributed by atoms with Crippen molar-refractivity contribution in [3.8, 4) is 0 Å². The van der Waals surface area contributed by atoms with Gasteiger partial charge >= 0.3 is 0 Å². The number of amides is 2. The molecule has 2 aromatic carbocycles. The Kier molecular flexibility index (Phi) is 4.11. The maximum absolute atomic E-state index is 12.3. The highest BCUT2D eigenvalue weighted by Gasteiger charge is 2.24. The van der Waals surface area contributed by atoms with Crippen LogP contribution in [0.2, 0.25) is 5.02 Å². The van der Waals surface area contributed by atoms with Gasteiger partial charge in [-0.1, -0.05) is 41.9 Å². The van der Waals surface area contributed by atoms with E-state index in [9.17, 15) is 9.59 Å². The van der Waals surface area contributed by atoms with Gasteiger partial charge in [0.2, 0.25) is 5.91 Å². The van der Waals surface area contributed by atoms with Crippen LogP contribution in [0.25, 0.3) is 0 Å². The minimum atomic E-state index is -0.341. The third-order valence-electron chi connectivity index (χ3n) is 3.71. The van der Waals surface area contributed by atoms with Gasteiger partial charge in [0.05, 0.1) is 17.1 Å². The van der Waals surface area contributed by atoms with Crippen LogP contribution in [0.1, 0.15) is 15.9 Å². The summed E-state index contributed by atoms with van der Waals surface area (Å²) in [5, 5.41) is 3.01. The van der Waals surface area contributed by atoms with Crippen molar-refractivity contribution < 1.29 is 9.59 Å². The summed E-state index contributed by atoms with van der Waals surface area (Å²) in [4.78, 5) is 26.1. The Hall–Kier alpha value is -2.33. The van der Waals surface area contributed by atoms with E-state index in [2.05, 4.69) is 5.32 Å². The lowest BCUT2D eigenvalue weighted by atomic mass is 10.2. The molecule has 1 aliphatic rings. The van der Waals surface area contributed by atoms with E-state index in [4.69, 9.17) is 11.6 Å². The van der Waals surface area contributed by atoms with Gasteiger partial charge < -0.3 is 10.2 Å². The molecule has 0 unspecified atom stereocenters. The lowest BCUT2D eigenvalue weighted by molar-refractivity contribution is -0.117. The molecule has 1 N–H and O–H groups in total. The summed E-state index contributed by atoms with van der Waals surface area (Å²) in [6.07, 6.45) is 0.848. The lowest BCUT2D eigenvalue weighted by Gasteiger charge is -2.17. The normalized spacial score (nSPS) is 12.9. The number of hydrogen-bond acceptors (Lipinski definition) is 2. The second-order valence-electron chi connectivity index (χ2n) is 5.09. The fourth-order valence-electron chi connectivity index (χ4n) is 2.59. The zero-order chi connectivity index (χ0) is 15.5. The molecule has 0 saturated carbocycles. The van der Waals surface area contributed by atoms with Crippen molar-refractivity contribution >= 4 is 29.1 Å². The van der Waals surface area contributed by atoms with Crippen LogP contribution >= 0.6 is 11.6 Å². The summed E-state index contributed by atoms with van der Waals surface area (Å²) in [6.45, 7) is 0.610. The van der Waals surface area contributed by atoms with Crippen LogP contribution in [0.15, 0.2) is 48.5 Å². The van der Waals surface area contributed by atoms with E-state index in [1.165, 1.54) is 0 Å². The maximum Gasteiger partial charge on any atom is 0.253 e. The third-order valence-corrected chi connectivity index (χ3v) is 4.04. The summed E-state index contributed by atoms with van der Waals surface area (Å²) < 4.78 is 0. The van der Waals surface area contributed by atoms with E-state index >= 15 is 0 Å². The standard InChI is InChI=1S/C17H15ClN2O2/c18-14-7-3-2-6-13(14)17(22)19-11-16(21)20-10-9-12-5-1-4-8-15(12)20/h1-8H,9-11H2,(H,19,22). The molecule has 4 nitrogen and oxygen atoms in total. The van der Waals surface area contributed by atoms with Gasteiger partial charge in [0.15, 0.2) is 0 Å². The predicted octanol–water partition coefficient (Wildman–Crippen LogP) is 2.66. The maximum atomic E-state index is 12.3. The Morgan fingerprint density at radius 2 is 1.82 bits per heavy atom. The summed E-state index contributed by atoms with van der Waals surface area (Å²) in [5.41, 5.74) is 2.46. The van der Waals surface area contributed by atoms with Gasteiger partial charge in [-0.2, -0.15) is 0 Å². The number of anilines is 1. The van der Waals surface area contributed by atoms with E-state index < -0.39 is 0 Å². The molecule has 0 saturated heterocycles. The molecule has 22 heavy (non-hydrogen) atoms. The fourth-order valence-corrected chi connectivity index (χ4v) is 2.81. The smallest absolute Gasteiger partial charge is 0.253 e. The summed E-state index contributed by atoms with van der Waals surface area (Å²) in [7, 11) is 0. The monoisotopic (exact) mass is 314 g/mol. The lowest BCUT2D eigenvalue weighted by Crippen LogP contribution is -2.39. The first-order valence-electron chi connectivity index (χ1n) is 7.08. The number of benzene rings is 2. The fraction of sp³-hybridized carbons (Fsp3) is 0.176. The number of halogens is 1. The highest BCUT2D eigenvalue weighted by molar-refractivity contribution is 6.33. The number of para-hydroxylation sites is 1. The van der Waals surface area contributed by atoms with Crippen LogP contribution in [0, 0.1) is 0 Å². The number of carbonyl (C=O) groups is 2. The number of hydrogen-bond donors (Lipinski definition) is 1. The molecule has 2 amide bonds. The molecule has 0 aliphatic carbocycles. The Bertz CT molecular complexity index is 730. The minimum absolute atomic E-state index is 0.0433. The second kappa shape index (κ2) is 6.20. The molecule has 112 valence electrons. The first-order valence-corrected chi connectivity index (χ1v) is 7.45. The minimum Gasteiger partial charge on any atom is -0.343 e. The first kappa shape index (κ1) is 14.6. The van der Waals surface area contributed by atoms with E-state index in [-0.39, 0.29) is 18.4 Å². The van der Waals surface area contributed by atoms with E-state index in [0.29, 0.717) is 17.1 Å². The molecule has 1 heterocycles. The van der Waals surface area contributed by atoms with Crippen molar-refractivity contribution in [2.24, 2.45) is 0 Å². The van der Waals surface area contributed by atoms with Gasteiger partial charge in [-0.15, -0.1) is 0 Å². The van der Waals surface area contributed by atoms with E-state index in [0.717, 1.165) is 17.7 Å². The third kappa shape index (κ3) is 2.83. The second-order valence-corrected chi connectivity index (χ2v) is 5.49. The summed E-state index contributed by atoms with van der Waals surface area (Å²) >= 11 is 5.97. The molecule has 3 rings (SSSR count). The van der Waals surface area contributed by atoms with Crippen LogP contribution in [-0.2, 0) is 11.2 Å². The average molecular weight is 315 g/mol. The number of rotatable bonds is 3. The highest BCUT2D eigenvalue weighted by atomic mass is 35.5. The number of carbonyl (C=O) groups excluding carboxylic acids is 2. The Balaban J connectivity index is 1.64. The Morgan fingerprint density at radius 3 is 2.64 bits per heavy atom. The van der Waals surface area contributed by atoms with Crippen molar-refractivity contribution in [1.82, 2.24) is 5.32 Å². The van der Waals surface area contributed by atoms with Crippen molar-refractivity contribution in [2.45, 2.75) is 6.42 Å². The largest absolute Gasteiger partial charge is 0.343 e. The predicted molar refractivity (Wildman–Crippen MR) is 86.3 cm³/mol. The van der Waals surface area contributed by atoms with Crippen molar-refractivity contribution in [2.75, 3.05) is 18.0 Å². The molecular weight excluding hydrogens is 300 g/mol. The molecule has 2 aromatic rings. The number of fused-ring (bicyclic) bond motifs is 1. The number of nitrogens with one attached hydrogen (secondary N) is 1. The molecule has 0 spiro atoms. The first-order chi connectivity index (χ1) is 10.7. The van der Waals surface area contributed by atoms with Crippen LogP contribution in [0.3, 0.4) is 0 Å². The zero-order valence-corrected chi connectivity index (χ0v) is 12.6. The quantitative estimate of drug-likeness (QED) is 0.947. The molecule has 0 aromatic heterocycles. The van der Waals surface area contributed by atoms with Crippen LogP contribution in [0.5, 0.6) is 0 Å². The average Bonchev–Trinajstić information content (AvgIpc) is 2.97. The van der Waals surface area contributed by atoms with Gasteiger partial charge in [-0.05, 0) is 30.2 Å². The summed E-state index contributed by atoms with van der Waals surface area (Å²) in [6, 6.07) is 14.6. The van der Waals surface area contributed by atoms with Crippen molar-refractivity contribution in [3.05, 3.63) is 64.7 Å². The number of nitrogens with zero attached hydrogens (tertiary/aromatic N) is 1. The molecule has 0 fully saturated rings. The van der Waals surface area contributed by atoms with Crippen molar-refractivity contribution in [1.29, 1.82) is 0 Å². The molecule has 1 aliphatic heterocycles. The van der Waals surface area contributed by atoms with Crippen LogP contribution in [-0.4, -0.2) is 24.9 Å². The van der Waals surface area contributed by atoms with Gasteiger partial charge in [0.25, 0.3) is 5.91 Å². The van der Waals surface area contributed by atoms with Gasteiger partial charge in [-0.3, -0.25) is 9.59 Å². The van der Waals surface area contributed by atoms with Gasteiger partial charge in [-0.25, -0.2) is 0 Å². The van der Waals surface area contributed by atoms with Crippen molar-refractivity contribution in [3.63, 3.8) is 0 Å². The SMILES string of the molecule is O=C(NCC(=O)N1CCc2ccccc21)c1ccccc1Cl. The topological polar surface area (TPSA) is 49.4 Å².